The molecule has 2 amide bonds. The van der Waals surface area contributed by atoms with Gasteiger partial charge in [-0.05, 0) is 0 Å². The fourth-order valence-electron chi connectivity index (χ4n) is 1.02. The molecule has 0 saturated carbocycles. The van der Waals surface area contributed by atoms with Crippen molar-refractivity contribution in [3.63, 3.8) is 0 Å². The van der Waals surface area contributed by atoms with E-state index < -0.39 is 34.2 Å². The zero-order chi connectivity index (χ0) is 10.4. The quantitative estimate of drug-likeness (QED) is 0.274. The maximum Gasteiger partial charge on any atom is 1.00 e. The van der Waals surface area contributed by atoms with E-state index in [1.54, 1.807) is 0 Å². The fourth-order valence-corrected chi connectivity index (χ4v) is 1.88. The van der Waals surface area contributed by atoms with Gasteiger partial charge in [0.15, 0.2) is 10.3 Å². The summed E-state index contributed by atoms with van der Waals surface area (Å²) >= 11 is 0. The largest absolute Gasteiger partial charge is 1.00 e. The van der Waals surface area contributed by atoms with Crippen molar-refractivity contribution in [3.05, 3.63) is 0 Å². The molecule has 0 aromatic heterocycles. The SMILES string of the molecule is NC(=O)[C@@H]1[C@H](N)C(=O)N1S(=O)(=O)[O-].[Na+]. The smallest absolute Gasteiger partial charge is 0.731 e. The molecule has 0 spiro atoms. The molecule has 0 aromatic rings. The van der Waals surface area contributed by atoms with Crippen LogP contribution >= 0.6 is 0 Å². The minimum absolute atomic E-state index is 0. The number of rotatable bonds is 2. The Labute approximate surface area is 102 Å². The summed E-state index contributed by atoms with van der Waals surface area (Å²) in [5.74, 6) is -2.23. The van der Waals surface area contributed by atoms with Gasteiger partial charge in [-0.25, -0.2) is 12.7 Å². The molecule has 2 atom stereocenters. The molecule has 0 radical (unpaired) electrons. The van der Waals surface area contributed by atoms with E-state index in [0.29, 0.717) is 0 Å². The van der Waals surface area contributed by atoms with Crippen LogP contribution < -0.4 is 41.0 Å². The first-order valence-electron chi connectivity index (χ1n) is 3.11. The van der Waals surface area contributed by atoms with Gasteiger partial charge in [0.2, 0.25) is 5.91 Å². The van der Waals surface area contributed by atoms with Crippen molar-refractivity contribution in [1.82, 2.24) is 4.31 Å². The van der Waals surface area contributed by atoms with Gasteiger partial charge in [-0.2, -0.15) is 0 Å². The topological polar surface area (TPSA) is 147 Å². The zero-order valence-corrected chi connectivity index (χ0v) is 10.0. The first kappa shape index (κ1) is 13.8. The standard InChI is InChI=1S/C4H7N3O5S.Na/c5-1-2(3(6)8)7(4(1)9)13(10,11)12;/h1-2H,5H2,(H2,6,8)(H,10,11,12);/q;+1/p-1/t1-,2-;/m0./s1. The van der Waals surface area contributed by atoms with Gasteiger partial charge < -0.3 is 16.0 Å². The summed E-state index contributed by atoms with van der Waals surface area (Å²) in [4.78, 5) is 21.3. The van der Waals surface area contributed by atoms with Crippen LogP contribution in [-0.4, -0.2) is 41.2 Å². The number of nitrogens with two attached hydrogens (primary N) is 2. The van der Waals surface area contributed by atoms with Crippen molar-refractivity contribution >= 4 is 22.1 Å². The predicted molar refractivity (Wildman–Crippen MR) is 37.5 cm³/mol. The summed E-state index contributed by atoms with van der Waals surface area (Å²) in [6, 6.07) is -2.88. The molecule has 4 N–H and O–H groups in total. The van der Waals surface area contributed by atoms with Crippen LogP contribution in [0.15, 0.2) is 0 Å². The van der Waals surface area contributed by atoms with Gasteiger partial charge in [-0.3, -0.25) is 9.59 Å². The van der Waals surface area contributed by atoms with Crippen molar-refractivity contribution < 1.29 is 52.1 Å². The van der Waals surface area contributed by atoms with Crippen LogP contribution in [0.1, 0.15) is 0 Å². The Balaban J connectivity index is 0.00000169. The third kappa shape index (κ3) is 2.07. The second-order valence-corrected chi connectivity index (χ2v) is 3.71. The number of nitrogens with zero attached hydrogens (tertiary/aromatic N) is 1. The predicted octanol–water partition coefficient (Wildman–Crippen LogP) is -6.53. The molecule has 0 bridgehead atoms. The van der Waals surface area contributed by atoms with Crippen LogP contribution in [0.5, 0.6) is 0 Å². The van der Waals surface area contributed by atoms with Crippen molar-refractivity contribution in [3.8, 4) is 0 Å². The normalized spacial score (nSPS) is 26.4. The van der Waals surface area contributed by atoms with Crippen molar-refractivity contribution in [2.24, 2.45) is 11.5 Å². The third-order valence-corrected chi connectivity index (χ3v) is 2.52. The number of hydrogen-bond acceptors (Lipinski definition) is 6. The minimum Gasteiger partial charge on any atom is -0.731 e. The summed E-state index contributed by atoms with van der Waals surface area (Å²) in [7, 11) is -4.99. The fraction of sp³-hybridized carbons (Fsp3) is 0.500. The van der Waals surface area contributed by atoms with Crippen molar-refractivity contribution in [1.29, 1.82) is 0 Å². The number of amides is 2. The van der Waals surface area contributed by atoms with Gasteiger partial charge in [0.05, 0.1) is 0 Å². The van der Waals surface area contributed by atoms with E-state index in [9.17, 15) is 22.6 Å². The van der Waals surface area contributed by atoms with Crippen LogP contribution in [-0.2, 0) is 19.9 Å². The van der Waals surface area contributed by atoms with Crippen LogP contribution in [0.4, 0.5) is 0 Å². The number of carbonyl (C=O) groups excluding carboxylic acids is 2. The third-order valence-electron chi connectivity index (χ3n) is 1.63. The molecule has 1 fully saturated rings. The Morgan fingerprint density at radius 1 is 1.50 bits per heavy atom. The van der Waals surface area contributed by atoms with Gasteiger partial charge in [0.25, 0.3) is 5.91 Å². The number of hydrogen-bond donors (Lipinski definition) is 2. The zero-order valence-electron chi connectivity index (χ0n) is 7.21. The molecule has 1 heterocycles. The van der Waals surface area contributed by atoms with Crippen molar-refractivity contribution in [2.45, 2.75) is 12.1 Å². The summed E-state index contributed by atoms with van der Waals surface area (Å²) in [6.07, 6.45) is 0. The van der Waals surface area contributed by atoms with Gasteiger partial charge in [0, 0.05) is 0 Å². The average molecular weight is 231 g/mol. The van der Waals surface area contributed by atoms with Crippen LogP contribution in [0, 0.1) is 0 Å². The Morgan fingerprint density at radius 3 is 2.14 bits per heavy atom. The molecule has 1 aliphatic heterocycles. The van der Waals surface area contributed by atoms with E-state index in [2.05, 4.69) is 0 Å². The molecule has 14 heavy (non-hydrogen) atoms. The maximum absolute atomic E-state index is 10.7. The molecule has 1 rings (SSSR count). The summed E-state index contributed by atoms with van der Waals surface area (Å²) < 4.78 is 31.0. The van der Waals surface area contributed by atoms with E-state index in [4.69, 9.17) is 11.5 Å². The molecule has 0 aliphatic carbocycles. The second-order valence-electron chi connectivity index (χ2n) is 2.46. The molecular weight excluding hydrogens is 225 g/mol. The van der Waals surface area contributed by atoms with E-state index in [1.807, 2.05) is 0 Å². The van der Waals surface area contributed by atoms with E-state index in [0.717, 1.165) is 0 Å². The Kier molecular flexibility index (Phi) is 4.07. The van der Waals surface area contributed by atoms with E-state index in [1.165, 1.54) is 0 Å². The van der Waals surface area contributed by atoms with Gasteiger partial charge in [-0.15, -0.1) is 0 Å². The number of β-lactam (4-membered cyclic amide) rings is 1. The molecule has 0 unspecified atom stereocenters. The van der Waals surface area contributed by atoms with E-state index >= 15 is 0 Å². The average Bonchev–Trinajstić information content (AvgIpc) is 1.94. The monoisotopic (exact) mass is 231 g/mol. The molecule has 74 valence electrons. The first-order valence-corrected chi connectivity index (χ1v) is 4.47. The van der Waals surface area contributed by atoms with Crippen molar-refractivity contribution in [2.75, 3.05) is 0 Å². The molecule has 1 aliphatic rings. The summed E-state index contributed by atoms with van der Waals surface area (Å²) in [5, 5.41) is 0. The second kappa shape index (κ2) is 4.13. The van der Waals surface area contributed by atoms with Gasteiger partial charge in [-0.1, -0.05) is 0 Å². The Morgan fingerprint density at radius 2 is 1.93 bits per heavy atom. The minimum atomic E-state index is -4.99. The molecule has 0 aromatic carbocycles. The summed E-state index contributed by atoms with van der Waals surface area (Å²) in [5.41, 5.74) is 9.78. The van der Waals surface area contributed by atoms with E-state index in [-0.39, 0.29) is 33.9 Å². The van der Waals surface area contributed by atoms with Crippen LogP contribution in [0.3, 0.4) is 0 Å². The maximum atomic E-state index is 10.7. The Bertz CT molecular complexity index is 367. The first-order chi connectivity index (χ1) is 5.76. The Hall–Kier alpha value is -0.190. The van der Waals surface area contributed by atoms with Gasteiger partial charge >= 0.3 is 29.6 Å². The molecular formula is C4H6N3NaO5S. The molecule has 8 nitrogen and oxygen atoms in total. The molecule has 1 saturated heterocycles. The van der Waals surface area contributed by atoms with Gasteiger partial charge in [0.1, 0.15) is 12.1 Å². The van der Waals surface area contributed by atoms with Crippen LogP contribution in [0.25, 0.3) is 0 Å². The van der Waals surface area contributed by atoms with Crippen LogP contribution in [0.2, 0.25) is 0 Å². The number of primary amides is 1. The number of carbonyl (C=O) groups is 2. The molecule has 10 heteroatoms. The summed E-state index contributed by atoms with van der Waals surface area (Å²) in [6.45, 7) is 0.